The van der Waals surface area contributed by atoms with Gasteiger partial charge in [0, 0.05) is 12.0 Å². The summed E-state index contributed by atoms with van der Waals surface area (Å²) in [6.45, 7) is 9.47. The first kappa shape index (κ1) is 17.7. The van der Waals surface area contributed by atoms with Crippen molar-refractivity contribution in [2.75, 3.05) is 11.9 Å². The molecular weight excluding hydrogens is 288 g/mol. The monoisotopic (exact) mass is 312 g/mol. The maximum atomic E-state index is 12.0. The second-order valence-corrected chi connectivity index (χ2v) is 7.27. The van der Waals surface area contributed by atoms with Gasteiger partial charge in [0.25, 0.3) is 5.91 Å². The van der Waals surface area contributed by atoms with Gasteiger partial charge < -0.3 is 15.7 Å². The molecule has 0 aliphatic carbocycles. The van der Waals surface area contributed by atoms with E-state index in [0.29, 0.717) is 22.8 Å². The Kier molecular flexibility index (Phi) is 5.92. The van der Waals surface area contributed by atoms with Crippen LogP contribution in [0.2, 0.25) is 0 Å². The third-order valence-corrected chi connectivity index (χ3v) is 4.04. The van der Waals surface area contributed by atoms with Crippen molar-refractivity contribution in [3.63, 3.8) is 0 Å². The Morgan fingerprint density at radius 1 is 1.38 bits per heavy atom. The number of amides is 2. The van der Waals surface area contributed by atoms with Crippen LogP contribution in [0.5, 0.6) is 0 Å². The van der Waals surface area contributed by atoms with E-state index in [9.17, 15) is 14.7 Å². The average molecular weight is 312 g/mol. The zero-order valence-electron chi connectivity index (χ0n) is 13.2. The maximum absolute atomic E-state index is 12.0. The molecule has 0 bridgehead atoms. The van der Waals surface area contributed by atoms with Crippen LogP contribution in [0.1, 0.15) is 49.4 Å². The van der Waals surface area contributed by atoms with Crippen LogP contribution in [0.25, 0.3) is 0 Å². The summed E-state index contributed by atoms with van der Waals surface area (Å²) >= 11 is 1.26. The molecule has 2 amide bonds. The van der Waals surface area contributed by atoms with E-state index in [-0.39, 0.29) is 11.8 Å². The smallest absolute Gasteiger partial charge is 0.261 e. The van der Waals surface area contributed by atoms with E-state index in [1.165, 1.54) is 11.3 Å². The lowest BCUT2D eigenvalue weighted by molar-refractivity contribution is -0.123. The minimum absolute atomic E-state index is 0.0789. The highest BCUT2D eigenvalue weighted by molar-refractivity contribution is 7.18. The van der Waals surface area contributed by atoms with Crippen molar-refractivity contribution in [1.29, 1.82) is 0 Å². The van der Waals surface area contributed by atoms with Crippen molar-refractivity contribution < 1.29 is 14.7 Å². The van der Waals surface area contributed by atoms with Crippen LogP contribution in [0, 0.1) is 12.3 Å². The Hall–Kier alpha value is -1.40. The molecule has 1 unspecified atom stereocenters. The normalized spacial score (nSPS) is 12.9. The van der Waals surface area contributed by atoms with Crippen LogP contribution >= 0.6 is 11.3 Å². The summed E-state index contributed by atoms with van der Waals surface area (Å²) in [6.07, 6.45) is 0.0837. The number of hydrogen-bond donors (Lipinski definition) is 3. The van der Waals surface area contributed by atoms with Crippen molar-refractivity contribution in [3.05, 3.63) is 16.5 Å². The summed E-state index contributed by atoms with van der Waals surface area (Å²) in [7, 11) is 0. The molecule has 0 spiro atoms. The first-order chi connectivity index (χ1) is 9.61. The van der Waals surface area contributed by atoms with Gasteiger partial charge in [-0.15, -0.1) is 11.3 Å². The lowest BCUT2D eigenvalue weighted by Gasteiger charge is -2.16. The quantitative estimate of drug-likeness (QED) is 0.782. The fourth-order valence-corrected chi connectivity index (χ4v) is 2.53. The average Bonchev–Trinajstić information content (AvgIpc) is 2.68. The fourth-order valence-electron chi connectivity index (χ4n) is 1.54. The number of aliphatic hydroxyl groups excluding tert-OH is 1. The number of rotatable bonds is 5. The van der Waals surface area contributed by atoms with Gasteiger partial charge in [-0.3, -0.25) is 9.59 Å². The van der Waals surface area contributed by atoms with Gasteiger partial charge in [-0.1, -0.05) is 20.8 Å². The van der Waals surface area contributed by atoms with Crippen LogP contribution in [0.3, 0.4) is 0 Å². The third-order valence-electron chi connectivity index (χ3n) is 2.89. The lowest BCUT2D eigenvalue weighted by Crippen LogP contribution is -2.27. The standard InChI is InChI=1S/C15H24N2O3S/c1-9-8-11(17-14(20)15(3,4)5)21-12(9)13(19)16-7-6-10(2)18/h8,10,18H,6-7H2,1-5H3,(H,16,19)(H,17,20). The molecule has 1 aromatic heterocycles. The highest BCUT2D eigenvalue weighted by Crippen LogP contribution is 2.28. The molecule has 0 fully saturated rings. The van der Waals surface area contributed by atoms with Gasteiger partial charge in [0.05, 0.1) is 16.0 Å². The molecule has 1 atom stereocenters. The number of thiophene rings is 1. The molecule has 1 rings (SSSR count). The number of aryl methyl sites for hydroxylation is 1. The molecule has 0 saturated heterocycles. The topological polar surface area (TPSA) is 78.4 Å². The van der Waals surface area contributed by atoms with Crippen LogP contribution in [0.4, 0.5) is 5.00 Å². The van der Waals surface area contributed by atoms with Crippen molar-refractivity contribution >= 4 is 28.2 Å². The SMILES string of the molecule is Cc1cc(NC(=O)C(C)(C)C)sc1C(=O)NCCC(C)O. The van der Waals surface area contributed by atoms with Crippen molar-refractivity contribution in [2.45, 2.75) is 47.1 Å². The summed E-state index contributed by atoms with van der Waals surface area (Å²) in [5, 5.41) is 15.4. The molecule has 0 aliphatic rings. The number of nitrogens with one attached hydrogen (secondary N) is 2. The predicted octanol–water partition coefficient (Wildman–Crippen LogP) is 2.54. The lowest BCUT2D eigenvalue weighted by atomic mass is 9.96. The summed E-state index contributed by atoms with van der Waals surface area (Å²) in [5.74, 6) is -0.251. The van der Waals surface area contributed by atoms with Gasteiger partial charge in [0.15, 0.2) is 0 Å². The zero-order chi connectivity index (χ0) is 16.2. The molecule has 21 heavy (non-hydrogen) atoms. The van der Waals surface area contributed by atoms with Gasteiger partial charge in [-0.25, -0.2) is 0 Å². The molecular formula is C15H24N2O3S. The first-order valence-electron chi connectivity index (χ1n) is 6.99. The Bertz CT molecular complexity index is 515. The Morgan fingerprint density at radius 2 is 2.00 bits per heavy atom. The minimum Gasteiger partial charge on any atom is -0.393 e. The van der Waals surface area contributed by atoms with E-state index < -0.39 is 11.5 Å². The van der Waals surface area contributed by atoms with E-state index in [2.05, 4.69) is 10.6 Å². The van der Waals surface area contributed by atoms with E-state index in [1.807, 2.05) is 27.7 Å². The van der Waals surface area contributed by atoms with E-state index in [1.54, 1.807) is 13.0 Å². The van der Waals surface area contributed by atoms with Gasteiger partial charge in [0.1, 0.15) is 0 Å². The largest absolute Gasteiger partial charge is 0.393 e. The summed E-state index contributed by atoms with van der Waals surface area (Å²) in [6, 6.07) is 1.80. The molecule has 6 heteroatoms. The summed E-state index contributed by atoms with van der Waals surface area (Å²) in [5.41, 5.74) is 0.358. The van der Waals surface area contributed by atoms with Crippen molar-refractivity contribution in [2.24, 2.45) is 5.41 Å². The number of hydrogen-bond acceptors (Lipinski definition) is 4. The van der Waals surface area contributed by atoms with Gasteiger partial charge in [-0.05, 0) is 31.9 Å². The van der Waals surface area contributed by atoms with E-state index in [0.717, 1.165) is 5.56 Å². The summed E-state index contributed by atoms with van der Waals surface area (Å²) in [4.78, 5) is 24.6. The van der Waals surface area contributed by atoms with E-state index in [4.69, 9.17) is 0 Å². The predicted molar refractivity (Wildman–Crippen MR) is 85.8 cm³/mol. The molecule has 1 heterocycles. The van der Waals surface area contributed by atoms with Gasteiger partial charge >= 0.3 is 0 Å². The molecule has 5 nitrogen and oxygen atoms in total. The minimum atomic E-state index is -0.475. The first-order valence-corrected chi connectivity index (χ1v) is 7.81. The van der Waals surface area contributed by atoms with Crippen LogP contribution in [-0.4, -0.2) is 29.6 Å². The summed E-state index contributed by atoms with van der Waals surface area (Å²) < 4.78 is 0. The maximum Gasteiger partial charge on any atom is 0.261 e. The Labute approximate surface area is 129 Å². The number of anilines is 1. The molecule has 1 aromatic rings. The molecule has 0 aromatic carbocycles. The highest BCUT2D eigenvalue weighted by Gasteiger charge is 2.22. The third kappa shape index (κ3) is 5.47. The van der Waals surface area contributed by atoms with E-state index >= 15 is 0 Å². The van der Waals surface area contributed by atoms with Crippen LogP contribution < -0.4 is 10.6 Å². The van der Waals surface area contributed by atoms with Gasteiger partial charge in [0.2, 0.25) is 5.91 Å². The Morgan fingerprint density at radius 3 is 2.52 bits per heavy atom. The van der Waals surface area contributed by atoms with Crippen LogP contribution in [-0.2, 0) is 4.79 Å². The molecule has 118 valence electrons. The van der Waals surface area contributed by atoms with Gasteiger partial charge in [-0.2, -0.15) is 0 Å². The van der Waals surface area contributed by atoms with Crippen molar-refractivity contribution in [3.8, 4) is 0 Å². The molecule has 0 aliphatic heterocycles. The Balaban J connectivity index is 2.69. The second-order valence-electron chi connectivity index (χ2n) is 6.22. The number of carbonyl (C=O) groups excluding carboxylic acids is 2. The highest BCUT2D eigenvalue weighted by atomic mass is 32.1. The van der Waals surface area contributed by atoms with Crippen molar-refractivity contribution in [1.82, 2.24) is 5.32 Å². The molecule has 0 saturated carbocycles. The fraction of sp³-hybridized carbons (Fsp3) is 0.600. The zero-order valence-corrected chi connectivity index (χ0v) is 14.1. The number of carbonyl (C=O) groups is 2. The molecule has 3 N–H and O–H groups in total. The second kappa shape index (κ2) is 7.04. The van der Waals surface area contributed by atoms with Crippen LogP contribution in [0.15, 0.2) is 6.07 Å². The molecule has 0 radical (unpaired) electrons. The number of aliphatic hydroxyl groups is 1.